The van der Waals surface area contributed by atoms with Crippen molar-refractivity contribution in [3.63, 3.8) is 0 Å². The topological polar surface area (TPSA) is 37.8 Å². The Morgan fingerprint density at radius 2 is 1.95 bits per heavy atom. The molecule has 20 heavy (non-hydrogen) atoms. The molecular formula is C16H18BrN3. The lowest BCUT2D eigenvalue weighted by Crippen LogP contribution is -2.03. The second-order valence-corrected chi connectivity index (χ2v) is 6.16. The molecule has 3 rings (SSSR count). The van der Waals surface area contributed by atoms with Crippen molar-refractivity contribution < 1.29 is 0 Å². The molecule has 1 aliphatic rings. The summed E-state index contributed by atoms with van der Waals surface area (Å²) in [5.41, 5.74) is 4.78. The number of hydrogen-bond donors (Lipinski definition) is 1. The van der Waals surface area contributed by atoms with E-state index < -0.39 is 0 Å². The molecule has 3 nitrogen and oxygen atoms in total. The summed E-state index contributed by atoms with van der Waals surface area (Å²) < 4.78 is 1.01. The van der Waals surface area contributed by atoms with Gasteiger partial charge in [-0.15, -0.1) is 0 Å². The molecule has 1 fully saturated rings. The average Bonchev–Trinajstić information content (AvgIpc) is 3.27. The minimum absolute atomic E-state index is 0.586. The van der Waals surface area contributed by atoms with Gasteiger partial charge in [0.05, 0.1) is 10.2 Å². The maximum Gasteiger partial charge on any atom is 0.162 e. The average molecular weight is 332 g/mol. The molecule has 1 heterocycles. The monoisotopic (exact) mass is 331 g/mol. The first-order valence-electron chi connectivity index (χ1n) is 6.93. The van der Waals surface area contributed by atoms with E-state index in [1.807, 2.05) is 7.05 Å². The van der Waals surface area contributed by atoms with Gasteiger partial charge in [0.2, 0.25) is 0 Å². The summed E-state index contributed by atoms with van der Waals surface area (Å²) >= 11 is 3.63. The Hall–Kier alpha value is -1.42. The number of aromatic nitrogens is 2. The minimum Gasteiger partial charge on any atom is -0.372 e. The van der Waals surface area contributed by atoms with Crippen LogP contribution in [-0.4, -0.2) is 17.0 Å². The zero-order valence-corrected chi connectivity index (χ0v) is 13.6. The summed E-state index contributed by atoms with van der Waals surface area (Å²) in [6.45, 7) is 4.25. The van der Waals surface area contributed by atoms with Gasteiger partial charge in [-0.3, -0.25) is 0 Å². The van der Waals surface area contributed by atoms with Crippen molar-refractivity contribution in [2.24, 2.45) is 0 Å². The van der Waals surface area contributed by atoms with Crippen LogP contribution in [0.25, 0.3) is 11.4 Å². The quantitative estimate of drug-likeness (QED) is 0.903. The van der Waals surface area contributed by atoms with Crippen molar-refractivity contribution >= 4 is 21.7 Å². The lowest BCUT2D eigenvalue weighted by molar-refractivity contribution is 0.978. The van der Waals surface area contributed by atoms with Crippen molar-refractivity contribution in [3.8, 4) is 11.4 Å². The molecule has 0 aliphatic heterocycles. The highest BCUT2D eigenvalue weighted by Crippen LogP contribution is 2.44. The highest BCUT2D eigenvalue weighted by Gasteiger charge is 2.29. The molecule has 104 valence electrons. The number of hydrogen-bond acceptors (Lipinski definition) is 3. The third-order valence-electron chi connectivity index (χ3n) is 3.92. The van der Waals surface area contributed by atoms with Gasteiger partial charge in [-0.1, -0.05) is 18.2 Å². The highest BCUT2D eigenvalue weighted by atomic mass is 79.9. The van der Waals surface area contributed by atoms with Crippen molar-refractivity contribution in [3.05, 3.63) is 39.5 Å². The van der Waals surface area contributed by atoms with Gasteiger partial charge < -0.3 is 5.32 Å². The molecule has 1 aromatic heterocycles. The fourth-order valence-corrected chi connectivity index (χ4v) is 3.07. The maximum atomic E-state index is 4.82. The van der Waals surface area contributed by atoms with Crippen LogP contribution in [0.1, 0.15) is 35.6 Å². The van der Waals surface area contributed by atoms with E-state index >= 15 is 0 Å². The van der Waals surface area contributed by atoms with Crippen LogP contribution in [0.5, 0.6) is 0 Å². The highest BCUT2D eigenvalue weighted by molar-refractivity contribution is 9.10. The van der Waals surface area contributed by atoms with E-state index in [0.29, 0.717) is 5.92 Å². The second-order valence-electron chi connectivity index (χ2n) is 5.37. The van der Waals surface area contributed by atoms with Crippen molar-refractivity contribution in [2.75, 3.05) is 12.4 Å². The Kier molecular flexibility index (Phi) is 3.50. The molecule has 0 amide bonds. The molecule has 1 aliphatic carbocycles. The van der Waals surface area contributed by atoms with Gasteiger partial charge in [-0.2, -0.15) is 0 Å². The fourth-order valence-electron chi connectivity index (χ4n) is 2.37. The summed E-state index contributed by atoms with van der Waals surface area (Å²) in [6.07, 6.45) is 2.45. The van der Waals surface area contributed by atoms with Crippen LogP contribution in [0.3, 0.4) is 0 Å². The van der Waals surface area contributed by atoms with Gasteiger partial charge in [-0.25, -0.2) is 9.97 Å². The largest absolute Gasteiger partial charge is 0.372 e. The molecule has 0 unspecified atom stereocenters. The van der Waals surface area contributed by atoms with Gasteiger partial charge in [0.1, 0.15) is 5.82 Å². The van der Waals surface area contributed by atoms with E-state index in [0.717, 1.165) is 27.4 Å². The Bertz CT molecular complexity index is 663. The van der Waals surface area contributed by atoms with Gasteiger partial charge in [-0.05, 0) is 53.7 Å². The molecule has 0 saturated heterocycles. The number of anilines is 1. The van der Waals surface area contributed by atoms with Crippen LogP contribution in [0.15, 0.2) is 22.7 Å². The first kappa shape index (κ1) is 13.6. The van der Waals surface area contributed by atoms with E-state index in [9.17, 15) is 0 Å². The SMILES string of the molecule is CNc1nc(-c2cccc(C)c2C)nc(C2CC2)c1Br. The van der Waals surface area contributed by atoms with E-state index in [1.54, 1.807) is 0 Å². The zero-order chi connectivity index (χ0) is 14.3. The molecule has 0 spiro atoms. The standard InChI is InChI=1S/C16H18BrN3/c1-9-5-4-6-12(10(9)2)15-19-14(11-7-8-11)13(17)16(18-3)20-15/h4-6,11H,7-8H2,1-3H3,(H,18,19,20). The van der Waals surface area contributed by atoms with Crippen LogP contribution in [0, 0.1) is 13.8 Å². The molecule has 0 bridgehead atoms. The minimum atomic E-state index is 0.586. The van der Waals surface area contributed by atoms with Crippen LogP contribution in [0.4, 0.5) is 5.82 Å². The summed E-state index contributed by atoms with van der Waals surface area (Å²) in [5.74, 6) is 2.28. The smallest absolute Gasteiger partial charge is 0.162 e. The van der Waals surface area contributed by atoms with Gasteiger partial charge in [0.15, 0.2) is 5.82 Å². The molecular weight excluding hydrogens is 314 g/mol. The number of nitrogens with one attached hydrogen (secondary N) is 1. The van der Waals surface area contributed by atoms with Gasteiger partial charge in [0.25, 0.3) is 0 Å². The maximum absolute atomic E-state index is 4.82. The van der Waals surface area contributed by atoms with Gasteiger partial charge >= 0.3 is 0 Å². The lowest BCUT2D eigenvalue weighted by atomic mass is 10.0. The second kappa shape index (κ2) is 5.17. The number of rotatable bonds is 3. The van der Waals surface area contributed by atoms with Crippen LogP contribution < -0.4 is 5.32 Å². The van der Waals surface area contributed by atoms with E-state index in [1.165, 1.54) is 24.0 Å². The number of nitrogens with zero attached hydrogens (tertiary/aromatic N) is 2. The summed E-state index contributed by atoms with van der Waals surface area (Å²) in [7, 11) is 1.90. The number of halogens is 1. The first-order chi connectivity index (χ1) is 9.61. The van der Waals surface area contributed by atoms with E-state index in [-0.39, 0.29) is 0 Å². The summed E-state index contributed by atoms with van der Waals surface area (Å²) in [5, 5.41) is 3.16. The zero-order valence-electron chi connectivity index (χ0n) is 12.0. The molecule has 1 aromatic carbocycles. The molecule has 0 radical (unpaired) electrons. The van der Waals surface area contributed by atoms with Crippen LogP contribution >= 0.6 is 15.9 Å². The molecule has 2 aromatic rings. The Morgan fingerprint density at radius 3 is 2.60 bits per heavy atom. The van der Waals surface area contributed by atoms with Crippen LogP contribution in [0.2, 0.25) is 0 Å². The predicted octanol–water partition coefficient (Wildman–Crippen LogP) is 4.44. The molecule has 1 N–H and O–H groups in total. The summed E-state index contributed by atoms with van der Waals surface area (Å²) in [4.78, 5) is 9.48. The Balaban J connectivity index is 2.18. The lowest BCUT2D eigenvalue weighted by Gasteiger charge is -2.13. The number of benzene rings is 1. The van der Waals surface area contributed by atoms with Crippen molar-refractivity contribution in [2.45, 2.75) is 32.6 Å². The van der Waals surface area contributed by atoms with E-state index in [2.05, 4.69) is 58.3 Å². The third-order valence-corrected chi connectivity index (χ3v) is 4.71. The Morgan fingerprint density at radius 1 is 1.20 bits per heavy atom. The third kappa shape index (κ3) is 2.33. The molecule has 4 heteroatoms. The normalized spacial score (nSPS) is 14.4. The van der Waals surface area contributed by atoms with Gasteiger partial charge in [0, 0.05) is 18.5 Å². The summed E-state index contributed by atoms with van der Waals surface area (Å²) in [6, 6.07) is 6.29. The van der Waals surface area contributed by atoms with Crippen LogP contribution in [-0.2, 0) is 0 Å². The fraction of sp³-hybridized carbons (Fsp3) is 0.375. The molecule has 1 saturated carbocycles. The molecule has 0 atom stereocenters. The van der Waals surface area contributed by atoms with E-state index in [4.69, 9.17) is 4.98 Å². The van der Waals surface area contributed by atoms with Crippen molar-refractivity contribution in [1.82, 2.24) is 9.97 Å². The predicted molar refractivity (Wildman–Crippen MR) is 86.2 cm³/mol. The van der Waals surface area contributed by atoms with Crippen molar-refractivity contribution in [1.29, 1.82) is 0 Å². The number of aryl methyl sites for hydroxylation is 1. The first-order valence-corrected chi connectivity index (χ1v) is 7.73. The Labute approximate surface area is 128 Å².